The average Bonchev–Trinajstić information content (AvgIpc) is 2.77. The average molecular weight is 262 g/mol. The number of likely N-dealkylation sites (tertiary alicyclic amines) is 1. The van der Waals surface area contributed by atoms with Gasteiger partial charge in [-0.15, -0.1) is 0 Å². The summed E-state index contributed by atoms with van der Waals surface area (Å²) in [6.07, 6.45) is 7.04. The van der Waals surface area contributed by atoms with Gasteiger partial charge in [0.25, 0.3) is 0 Å². The van der Waals surface area contributed by atoms with Crippen LogP contribution in [0.5, 0.6) is 0 Å². The molecule has 0 aromatic heterocycles. The SMILES string of the molecule is CC(C)C1CCN(C(=O)C2(C#N)CCCCCC2)C1. The van der Waals surface area contributed by atoms with Crippen molar-refractivity contribution in [3.05, 3.63) is 0 Å². The van der Waals surface area contributed by atoms with Gasteiger partial charge in [0.1, 0.15) is 5.41 Å². The molecule has 19 heavy (non-hydrogen) atoms. The zero-order valence-electron chi connectivity index (χ0n) is 12.3. The summed E-state index contributed by atoms with van der Waals surface area (Å²) < 4.78 is 0. The Bertz CT molecular complexity index is 361. The summed E-state index contributed by atoms with van der Waals surface area (Å²) in [4.78, 5) is 14.7. The van der Waals surface area contributed by atoms with Crippen molar-refractivity contribution in [3.8, 4) is 6.07 Å². The summed E-state index contributed by atoms with van der Waals surface area (Å²) in [5, 5.41) is 9.57. The largest absolute Gasteiger partial charge is 0.341 e. The van der Waals surface area contributed by atoms with Gasteiger partial charge < -0.3 is 4.90 Å². The lowest BCUT2D eigenvalue weighted by Gasteiger charge is -2.29. The Morgan fingerprint density at radius 2 is 1.89 bits per heavy atom. The minimum atomic E-state index is -0.706. The van der Waals surface area contributed by atoms with E-state index in [4.69, 9.17) is 0 Å². The molecule has 1 unspecified atom stereocenters. The molecular formula is C16H26N2O. The van der Waals surface area contributed by atoms with E-state index < -0.39 is 5.41 Å². The van der Waals surface area contributed by atoms with E-state index >= 15 is 0 Å². The minimum Gasteiger partial charge on any atom is -0.341 e. The monoisotopic (exact) mass is 262 g/mol. The van der Waals surface area contributed by atoms with E-state index in [9.17, 15) is 10.1 Å². The summed E-state index contributed by atoms with van der Waals surface area (Å²) in [6.45, 7) is 6.17. The summed E-state index contributed by atoms with van der Waals surface area (Å²) >= 11 is 0. The molecule has 2 rings (SSSR count). The molecule has 0 radical (unpaired) electrons. The van der Waals surface area contributed by atoms with Crippen molar-refractivity contribution in [1.82, 2.24) is 4.90 Å². The lowest BCUT2D eigenvalue weighted by atomic mass is 9.80. The van der Waals surface area contributed by atoms with Crippen molar-refractivity contribution in [3.63, 3.8) is 0 Å². The number of carbonyl (C=O) groups is 1. The van der Waals surface area contributed by atoms with E-state index in [0.29, 0.717) is 11.8 Å². The molecule has 0 aromatic rings. The fourth-order valence-electron chi connectivity index (χ4n) is 3.52. The maximum absolute atomic E-state index is 12.8. The van der Waals surface area contributed by atoms with Crippen molar-refractivity contribution in [2.45, 2.75) is 58.8 Å². The molecule has 1 aliphatic carbocycles. The van der Waals surface area contributed by atoms with Gasteiger partial charge in [-0.25, -0.2) is 0 Å². The van der Waals surface area contributed by atoms with Crippen LogP contribution in [0.2, 0.25) is 0 Å². The van der Waals surface area contributed by atoms with E-state index in [1.165, 1.54) is 12.8 Å². The van der Waals surface area contributed by atoms with Crippen LogP contribution in [0, 0.1) is 28.6 Å². The third kappa shape index (κ3) is 2.94. The van der Waals surface area contributed by atoms with Gasteiger partial charge in [-0.1, -0.05) is 39.5 Å². The van der Waals surface area contributed by atoms with Crippen LogP contribution in [-0.4, -0.2) is 23.9 Å². The first kappa shape index (κ1) is 14.4. The lowest BCUT2D eigenvalue weighted by Crippen LogP contribution is -2.42. The van der Waals surface area contributed by atoms with Crippen LogP contribution in [0.4, 0.5) is 0 Å². The normalized spacial score (nSPS) is 27.1. The van der Waals surface area contributed by atoms with Crippen molar-refractivity contribution < 1.29 is 4.79 Å². The summed E-state index contributed by atoms with van der Waals surface area (Å²) in [6, 6.07) is 2.39. The Morgan fingerprint density at radius 1 is 1.26 bits per heavy atom. The van der Waals surface area contributed by atoms with E-state index in [-0.39, 0.29) is 5.91 Å². The highest BCUT2D eigenvalue weighted by Crippen LogP contribution is 2.38. The zero-order chi connectivity index (χ0) is 13.9. The summed E-state index contributed by atoms with van der Waals surface area (Å²) in [5.41, 5.74) is -0.706. The van der Waals surface area contributed by atoms with Crippen LogP contribution >= 0.6 is 0 Å². The van der Waals surface area contributed by atoms with Gasteiger partial charge in [0.2, 0.25) is 5.91 Å². The van der Waals surface area contributed by atoms with E-state index in [1.807, 2.05) is 4.90 Å². The number of nitrogens with zero attached hydrogens (tertiary/aromatic N) is 2. The first-order valence-electron chi connectivity index (χ1n) is 7.80. The maximum Gasteiger partial charge on any atom is 0.243 e. The highest BCUT2D eigenvalue weighted by molar-refractivity contribution is 5.85. The fourth-order valence-corrected chi connectivity index (χ4v) is 3.52. The molecule has 3 heteroatoms. The van der Waals surface area contributed by atoms with Crippen molar-refractivity contribution in [2.24, 2.45) is 17.3 Å². The third-order valence-electron chi connectivity index (χ3n) is 5.04. The number of amides is 1. The number of hydrogen-bond acceptors (Lipinski definition) is 2. The predicted molar refractivity (Wildman–Crippen MR) is 75.3 cm³/mol. The van der Waals surface area contributed by atoms with Crippen LogP contribution < -0.4 is 0 Å². The molecule has 0 N–H and O–H groups in total. The standard InChI is InChI=1S/C16H26N2O/c1-13(2)14-7-10-18(11-14)15(19)16(12-17)8-5-3-4-6-9-16/h13-14H,3-11H2,1-2H3. The van der Waals surface area contributed by atoms with Crippen molar-refractivity contribution >= 4 is 5.91 Å². The molecule has 2 fully saturated rings. The topological polar surface area (TPSA) is 44.1 Å². The van der Waals surface area contributed by atoms with Gasteiger partial charge in [-0.2, -0.15) is 5.26 Å². The quantitative estimate of drug-likeness (QED) is 0.716. The molecule has 106 valence electrons. The second kappa shape index (κ2) is 5.94. The molecule has 0 spiro atoms. The number of rotatable bonds is 2. The molecule has 1 atom stereocenters. The lowest BCUT2D eigenvalue weighted by molar-refractivity contribution is -0.138. The van der Waals surface area contributed by atoms with Gasteiger partial charge in [-0.3, -0.25) is 4.79 Å². The molecular weight excluding hydrogens is 236 g/mol. The highest BCUT2D eigenvalue weighted by Gasteiger charge is 2.43. The number of hydrogen-bond donors (Lipinski definition) is 0. The molecule has 3 nitrogen and oxygen atoms in total. The predicted octanol–water partition coefficient (Wildman–Crippen LogP) is 3.36. The zero-order valence-corrected chi connectivity index (χ0v) is 12.3. The molecule has 0 bridgehead atoms. The maximum atomic E-state index is 12.8. The van der Waals surface area contributed by atoms with Gasteiger partial charge in [-0.05, 0) is 31.1 Å². The second-order valence-electron chi connectivity index (χ2n) is 6.65. The van der Waals surface area contributed by atoms with Crippen LogP contribution in [0.3, 0.4) is 0 Å². The van der Waals surface area contributed by atoms with Gasteiger partial charge in [0.15, 0.2) is 0 Å². The molecule has 1 heterocycles. The minimum absolute atomic E-state index is 0.125. The molecule has 1 aliphatic heterocycles. The molecule has 1 saturated carbocycles. The van der Waals surface area contributed by atoms with Crippen LogP contribution in [0.15, 0.2) is 0 Å². The second-order valence-corrected chi connectivity index (χ2v) is 6.65. The Balaban J connectivity index is 2.07. The van der Waals surface area contributed by atoms with Gasteiger partial charge in [0, 0.05) is 13.1 Å². The molecule has 0 aromatic carbocycles. The van der Waals surface area contributed by atoms with E-state index in [1.54, 1.807) is 0 Å². The first-order valence-corrected chi connectivity index (χ1v) is 7.80. The number of nitriles is 1. The Morgan fingerprint density at radius 3 is 2.37 bits per heavy atom. The van der Waals surface area contributed by atoms with E-state index in [2.05, 4.69) is 19.9 Å². The summed E-state index contributed by atoms with van der Waals surface area (Å²) in [5.74, 6) is 1.37. The van der Waals surface area contributed by atoms with Crippen molar-refractivity contribution in [2.75, 3.05) is 13.1 Å². The Labute approximate surface area is 117 Å². The third-order valence-corrected chi connectivity index (χ3v) is 5.04. The van der Waals surface area contributed by atoms with Crippen LogP contribution in [-0.2, 0) is 4.79 Å². The smallest absolute Gasteiger partial charge is 0.243 e. The number of carbonyl (C=O) groups excluding carboxylic acids is 1. The van der Waals surface area contributed by atoms with Crippen LogP contribution in [0.1, 0.15) is 58.8 Å². The summed E-state index contributed by atoms with van der Waals surface area (Å²) in [7, 11) is 0. The van der Waals surface area contributed by atoms with E-state index in [0.717, 1.165) is 45.2 Å². The molecule has 1 saturated heterocycles. The molecule has 1 amide bonds. The molecule has 2 aliphatic rings. The Hall–Kier alpha value is -1.04. The fraction of sp³-hybridized carbons (Fsp3) is 0.875. The first-order chi connectivity index (χ1) is 9.09. The highest BCUT2D eigenvalue weighted by atomic mass is 16.2. The van der Waals surface area contributed by atoms with Gasteiger partial charge >= 0.3 is 0 Å². The van der Waals surface area contributed by atoms with Crippen LogP contribution in [0.25, 0.3) is 0 Å². The van der Waals surface area contributed by atoms with Crippen molar-refractivity contribution in [1.29, 1.82) is 5.26 Å². The van der Waals surface area contributed by atoms with Gasteiger partial charge in [0.05, 0.1) is 6.07 Å². The Kier molecular flexibility index (Phi) is 4.50.